The third-order valence-electron chi connectivity index (χ3n) is 10.1. The van der Waals surface area contributed by atoms with Gasteiger partial charge in [0.2, 0.25) is 0 Å². The molecule has 23 heavy (non-hydrogen) atoms. The summed E-state index contributed by atoms with van der Waals surface area (Å²) in [6, 6.07) is 0. The molecule has 3 rings (SSSR count). The molecular formula is C15H38O2Si6. The van der Waals surface area contributed by atoms with Crippen LogP contribution in [-0.2, 0) is 4.79 Å². The zero-order chi connectivity index (χ0) is 18.7. The molecule has 3 fully saturated rings. The Balaban J connectivity index is 3.13. The number of aliphatic carboxylic acids is 1. The number of carboxylic acid groups (broad SMARTS) is 1. The standard InChI is InChI=1S/C15H38O2Si6/c1-18(2)14-19(3,4)22(9,10)15(13(16)17,21(18,7)8)23(11,12)20(14,5)6/h14H,1-12H3,(H,16,17). The quantitative estimate of drug-likeness (QED) is 0.618. The molecular weight excluding hydrogens is 381 g/mol. The second-order valence-corrected chi connectivity index (χ2v) is 61.7. The monoisotopic (exact) mass is 418 g/mol. The lowest BCUT2D eigenvalue weighted by atomic mass is 10.8. The smallest absolute Gasteiger partial charge is 0.300 e. The van der Waals surface area contributed by atoms with Gasteiger partial charge >= 0.3 is 5.97 Å². The van der Waals surface area contributed by atoms with E-state index in [0.717, 1.165) is 4.79 Å². The predicted octanol–water partition coefficient (Wildman–Crippen LogP) is 4.85. The fourth-order valence-corrected chi connectivity index (χ4v) is 152. The molecule has 0 aromatic rings. The first kappa shape index (κ1) is 20.1. The van der Waals surface area contributed by atoms with E-state index in [4.69, 9.17) is 0 Å². The summed E-state index contributed by atoms with van der Waals surface area (Å²) in [5.74, 6) is -0.331. The maximum Gasteiger partial charge on any atom is 0.300 e. The van der Waals surface area contributed by atoms with Gasteiger partial charge in [-0.1, -0.05) is 83.4 Å². The molecule has 0 aromatic heterocycles. The predicted molar refractivity (Wildman–Crippen MR) is 119 cm³/mol. The highest BCUT2D eigenvalue weighted by molar-refractivity contribution is 7.77. The van der Waals surface area contributed by atoms with Crippen molar-refractivity contribution in [1.82, 2.24) is 0 Å². The van der Waals surface area contributed by atoms with Gasteiger partial charge < -0.3 is 5.11 Å². The van der Waals surface area contributed by atoms with Crippen molar-refractivity contribution in [2.45, 2.75) is 87.6 Å². The lowest BCUT2D eigenvalue weighted by molar-refractivity contribution is -0.136. The van der Waals surface area contributed by atoms with Crippen LogP contribution in [0.3, 0.4) is 0 Å². The molecule has 1 N–H and O–H groups in total. The molecule has 8 heteroatoms. The molecule has 0 atom stereocenters. The number of rotatable bonds is 1. The average molecular weight is 419 g/mol. The molecule has 0 saturated carbocycles. The summed E-state index contributed by atoms with van der Waals surface area (Å²) in [4.78, 5) is 14.2. The number of hydrogen-bond donors (Lipinski definition) is 1. The number of fused-ring (bicyclic) bond motifs is 3. The molecule has 2 nitrogen and oxygen atoms in total. The van der Waals surface area contributed by atoms with Crippen LogP contribution in [0.4, 0.5) is 0 Å². The molecule has 3 heterocycles. The maximum atomic E-state index is 13.2. The number of carboxylic acids is 1. The van der Waals surface area contributed by atoms with Crippen LogP contribution in [0, 0.1) is 0 Å². The molecule has 3 aliphatic rings. The largest absolute Gasteiger partial charge is 0.481 e. The highest BCUT2D eigenvalue weighted by Crippen LogP contribution is 2.74. The summed E-state index contributed by atoms with van der Waals surface area (Å²) in [5.41, 5.74) is 0. The lowest BCUT2D eigenvalue weighted by Gasteiger charge is -2.83. The van der Waals surface area contributed by atoms with E-state index in [2.05, 4.69) is 78.6 Å². The molecule has 0 amide bonds. The van der Waals surface area contributed by atoms with Gasteiger partial charge in [0.25, 0.3) is 0 Å². The minimum atomic E-state index is -1.83. The third kappa shape index (κ3) is 1.58. The van der Waals surface area contributed by atoms with Crippen molar-refractivity contribution in [2.24, 2.45) is 0 Å². The minimum Gasteiger partial charge on any atom is -0.481 e. The molecule has 134 valence electrons. The fraction of sp³-hybridized carbons (Fsp3) is 0.933. The zero-order valence-electron chi connectivity index (χ0n) is 17.4. The van der Waals surface area contributed by atoms with Crippen LogP contribution in [0.2, 0.25) is 87.6 Å². The summed E-state index contributed by atoms with van der Waals surface area (Å²) in [6.45, 7) is 30.9. The van der Waals surface area contributed by atoms with Crippen LogP contribution in [0.1, 0.15) is 0 Å². The van der Waals surface area contributed by atoms with Crippen molar-refractivity contribution in [1.29, 1.82) is 0 Å². The summed E-state index contributed by atoms with van der Waals surface area (Å²) < 4.78 is -0.205. The summed E-state index contributed by atoms with van der Waals surface area (Å²) in [6.07, 6.45) is 0. The van der Waals surface area contributed by atoms with E-state index < -0.39 is 45.5 Å². The molecule has 2 bridgehead atoms. The van der Waals surface area contributed by atoms with Crippen LogP contribution in [0.15, 0.2) is 0 Å². The molecule has 0 aromatic carbocycles. The van der Waals surface area contributed by atoms with E-state index in [1.165, 1.54) is 0 Å². The number of carbonyl (C=O) groups is 1. The number of hydrogen-bond acceptors (Lipinski definition) is 1. The highest BCUT2D eigenvalue weighted by Gasteiger charge is 2.89. The van der Waals surface area contributed by atoms with Crippen LogP contribution in [0.25, 0.3) is 0 Å². The van der Waals surface area contributed by atoms with Crippen molar-refractivity contribution >= 4 is 51.5 Å². The maximum absolute atomic E-state index is 13.2. The van der Waals surface area contributed by atoms with Crippen molar-refractivity contribution in [3.8, 4) is 0 Å². The molecule has 3 aliphatic heterocycles. The van der Waals surface area contributed by atoms with Gasteiger partial charge in [-0.15, -0.1) is 0 Å². The van der Waals surface area contributed by atoms with Gasteiger partial charge in [0.05, 0.1) is 22.8 Å². The molecule has 0 unspecified atom stereocenters. The average Bonchev–Trinajstić information content (AvgIpc) is 2.22. The minimum absolute atomic E-state index is 0.205. The van der Waals surface area contributed by atoms with Gasteiger partial charge in [-0.05, 0) is 0 Å². The van der Waals surface area contributed by atoms with Gasteiger partial charge in [0.15, 0.2) is 0 Å². The highest BCUT2D eigenvalue weighted by atomic mass is 29.4. The normalized spacial score (nSPS) is 40.6. The van der Waals surface area contributed by atoms with Crippen LogP contribution in [-0.4, -0.2) is 56.6 Å². The molecule has 0 spiro atoms. The van der Waals surface area contributed by atoms with Gasteiger partial charge in [0, 0.05) is 27.1 Å². The van der Waals surface area contributed by atoms with E-state index in [1.54, 1.807) is 0 Å². The summed E-state index contributed by atoms with van der Waals surface area (Å²) in [7, 11) is -10.1. The molecule has 3 saturated heterocycles. The summed E-state index contributed by atoms with van der Waals surface area (Å²) >= 11 is 0. The Bertz CT molecular complexity index is 507. The Labute approximate surface area is 148 Å². The molecule has 0 aliphatic carbocycles. The van der Waals surface area contributed by atoms with Crippen LogP contribution < -0.4 is 0 Å². The zero-order valence-corrected chi connectivity index (χ0v) is 23.4. The van der Waals surface area contributed by atoms with Gasteiger partial charge in [-0.25, -0.2) is 0 Å². The Kier molecular flexibility index (Phi) is 3.96. The molecule has 0 radical (unpaired) electrons. The fourth-order valence-electron chi connectivity index (χ4n) is 8.38. The first-order valence-electron chi connectivity index (χ1n) is 9.04. The SMILES string of the molecule is C[Si]1(C)C2[Si](C)(C)[Si](C)(C)C(C(=O)O)([Si]1(C)C)[Si](C)(C)[Si]2(C)C. The van der Waals surface area contributed by atoms with E-state index in [9.17, 15) is 9.90 Å². The van der Waals surface area contributed by atoms with Crippen molar-refractivity contribution in [3.05, 3.63) is 0 Å². The van der Waals surface area contributed by atoms with E-state index in [0.29, 0.717) is 0 Å². The van der Waals surface area contributed by atoms with Gasteiger partial charge in [-0.2, -0.15) is 0 Å². The van der Waals surface area contributed by atoms with Crippen molar-refractivity contribution in [3.63, 3.8) is 0 Å². The Morgan fingerprint density at radius 3 is 1.04 bits per heavy atom. The van der Waals surface area contributed by atoms with Crippen LogP contribution in [0.5, 0.6) is 0 Å². The Morgan fingerprint density at radius 2 is 0.870 bits per heavy atom. The third-order valence-corrected chi connectivity index (χ3v) is 99.3. The van der Waals surface area contributed by atoms with E-state index in [1.807, 2.05) is 0 Å². The Hall–Kier alpha value is 0.771. The van der Waals surface area contributed by atoms with Crippen LogP contribution >= 0.6 is 0 Å². The van der Waals surface area contributed by atoms with E-state index >= 15 is 0 Å². The topological polar surface area (TPSA) is 37.3 Å². The first-order chi connectivity index (χ1) is 9.81. The van der Waals surface area contributed by atoms with Gasteiger partial charge in [0.1, 0.15) is 0 Å². The van der Waals surface area contributed by atoms with Crippen molar-refractivity contribution < 1.29 is 9.90 Å². The van der Waals surface area contributed by atoms with Crippen molar-refractivity contribution in [2.75, 3.05) is 0 Å². The first-order valence-corrected chi connectivity index (χ1v) is 30.3. The van der Waals surface area contributed by atoms with Gasteiger partial charge in [-0.3, -0.25) is 4.79 Å². The van der Waals surface area contributed by atoms with E-state index in [-0.39, 0.29) is 10.3 Å². The lowest BCUT2D eigenvalue weighted by Crippen LogP contribution is -3.01. The second kappa shape index (κ2) is 4.54. The summed E-state index contributed by atoms with van der Waals surface area (Å²) in [5, 5.41) is 10.9. The Morgan fingerprint density at radius 1 is 0.652 bits per heavy atom. The second-order valence-electron chi connectivity index (χ2n) is 11.5.